The Labute approximate surface area is 160 Å². The van der Waals surface area contributed by atoms with Crippen molar-refractivity contribution in [2.24, 2.45) is 0 Å². The van der Waals surface area contributed by atoms with Crippen molar-refractivity contribution in [3.8, 4) is 5.75 Å². The summed E-state index contributed by atoms with van der Waals surface area (Å²) >= 11 is 0. The average molecular weight is 391 g/mol. The Morgan fingerprint density at radius 2 is 1.63 bits per heavy atom. The van der Waals surface area contributed by atoms with Gasteiger partial charge in [-0.2, -0.15) is 0 Å². The van der Waals surface area contributed by atoms with E-state index in [4.69, 9.17) is 9.47 Å². The Hall–Kier alpha value is -2.54. The molecule has 2 aromatic carbocycles. The fourth-order valence-corrected chi connectivity index (χ4v) is 2.95. The van der Waals surface area contributed by atoms with Gasteiger partial charge in [-0.05, 0) is 35.2 Å². The molecule has 0 unspecified atom stereocenters. The van der Waals surface area contributed by atoms with Gasteiger partial charge < -0.3 is 9.47 Å². The van der Waals surface area contributed by atoms with E-state index in [0.29, 0.717) is 5.75 Å². The van der Waals surface area contributed by atoms with Crippen LogP contribution in [0, 0.1) is 0 Å². The molecule has 0 saturated carbocycles. The molecule has 0 saturated heterocycles. The fraction of sp³-hybridized carbons (Fsp3) is 0.350. The van der Waals surface area contributed by atoms with E-state index in [2.05, 4.69) is 25.5 Å². The molecule has 0 bridgehead atoms. The summed E-state index contributed by atoms with van der Waals surface area (Å²) in [6, 6.07) is 14.1. The van der Waals surface area contributed by atoms with E-state index in [1.54, 1.807) is 12.1 Å². The predicted octanol–water partition coefficient (Wildman–Crippen LogP) is 3.59. The highest BCUT2D eigenvalue weighted by Gasteiger charge is 2.15. The molecule has 2 rings (SSSR count). The van der Waals surface area contributed by atoms with Crippen molar-refractivity contribution in [3.63, 3.8) is 0 Å². The third-order valence-corrected chi connectivity index (χ3v) is 4.34. The second kappa shape index (κ2) is 8.43. The van der Waals surface area contributed by atoms with Gasteiger partial charge in [-0.15, -0.1) is 0 Å². The lowest BCUT2D eigenvalue weighted by molar-refractivity contribution is 0.0451. The molecule has 0 atom stereocenters. The van der Waals surface area contributed by atoms with Crippen LogP contribution in [0.3, 0.4) is 0 Å². The molecule has 27 heavy (non-hydrogen) atoms. The highest BCUT2D eigenvalue weighted by atomic mass is 32.2. The van der Waals surface area contributed by atoms with Crippen LogP contribution in [0.25, 0.3) is 0 Å². The zero-order chi connectivity index (χ0) is 20.1. The minimum absolute atomic E-state index is 0.0487. The molecule has 146 valence electrons. The van der Waals surface area contributed by atoms with Crippen LogP contribution in [-0.4, -0.2) is 33.9 Å². The third-order valence-electron chi connectivity index (χ3n) is 3.75. The maximum Gasteiger partial charge on any atom is 0.340 e. The summed E-state index contributed by atoms with van der Waals surface area (Å²) in [6.07, 6.45) is 1.02. The summed E-state index contributed by atoms with van der Waals surface area (Å²) in [5.41, 5.74) is 1.61. The smallest absolute Gasteiger partial charge is 0.340 e. The first kappa shape index (κ1) is 20.8. The van der Waals surface area contributed by atoms with Crippen LogP contribution in [0.1, 0.15) is 36.7 Å². The van der Waals surface area contributed by atoms with Gasteiger partial charge in [-0.3, -0.25) is 4.72 Å². The summed E-state index contributed by atoms with van der Waals surface area (Å²) < 4.78 is 35.9. The number of hydrogen-bond donors (Lipinski definition) is 1. The zero-order valence-electron chi connectivity index (χ0n) is 16.0. The standard InChI is InChI=1S/C20H25NO5S/c1-20(2,3)15-9-11-16(12-10-15)25-13-14-26-19(22)17-7-5-6-8-18(17)21-27(4,23)24/h5-12,21H,13-14H2,1-4H3. The molecule has 0 aliphatic heterocycles. The van der Waals surface area contributed by atoms with Crippen molar-refractivity contribution in [1.82, 2.24) is 0 Å². The number of hydrogen-bond acceptors (Lipinski definition) is 5. The van der Waals surface area contributed by atoms with Crippen LogP contribution < -0.4 is 9.46 Å². The maximum absolute atomic E-state index is 12.2. The minimum Gasteiger partial charge on any atom is -0.490 e. The number of anilines is 1. The summed E-state index contributed by atoms with van der Waals surface area (Å²) in [6.45, 7) is 6.66. The molecule has 7 heteroatoms. The molecular formula is C20H25NO5S. The number of nitrogens with one attached hydrogen (secondary N) is 1. The molecule has 2 aromatic rings. The number of esters is 1. The molecule has 0 aliphatic carbocycles. The van der Waals surface area contributed by atoms with Crippen molar-refractivity contribution in [2.45, 2.75) is 26.2 Å². The number of sulfonamides is 1. The number of rotatable bonds is 7. The molecular weight excluding hydrogens is 366 g/mol. The molecule has 0 aromatic heterocycles. The average Bonchev–Trinajstić information content (AvgIpc) is 2.57. The number of carbonyl (C=O) groups excluding carboxylic acids is 1. The predicted molar refractivity (Wildman–Crippen MR) is 106 cm³/mol. The van der Waals surface area contributed by atoms with Gasteiger partial charge in [0, 0.05) is 0 Å². The van der Waals surface area contributed by atoms with Crippen LogP contribution in [0.4, 0.5) is 5.69 Å². The van der Waals surface area contributed by atoms with Gasteiger partial charge in [0.1, 0.15) is 19.0 Å². The van der Waals surface area contributed by atoms with Crippen molar-refractivity contribution >= 4 is 21.7 Å². The quantitative estimate of drug-likeness (QED) is 0.576. The number of ether oxygens (including phenoxy) is 2. The van der Waals surface area contributed by atoms with E-state index in [1.165, 1.54) is 17.7 Å². The second-order valence-corrected chi connectivity index (χ2v) is 8.93. The molecule has 0 amide bonds. The van der Waals surface area contributed by atoms with E-state index in [0.717, 1.165) is 6.26 Å². The molecule has 0 heterocycles. The number of carbonyl (C=O) groups is 1. The fourth-order valence-electron chi connectivity index (χ4n) is 2.37. The first-order chi connectivity index (χ1) is 12.6. The molecule has 0 spiro atoms. The summed E-state index contributed by atoms with van der Waals surface area (Å²) in [7, 11) is -3.49. The molecule has 0 aliphatic rings. The van der Waals surface area contributed by atoms with Gasteiger partial charge in [0.05, 0.1) is 17.5 Å². The van der Waals surface area contributed by atoms with Crippen LogP contribution in [0.2, 0.25) is 0 Å². The van der Waals surface area contributed by atoms with Crippen molar-refractivity contribution in [3.05, 3.63) is 59.7 Å². The molecule has 6 nitrogen and oxygen atoms in total. The zero-order valence-corrected chi connectivity index (χ0v) is 16.8. The normalized spacial score (nSPS) is 11.7. The monoisotopic (exact) mass is 391 g/mol. The van der Waals surface area contributed by atoms with Gasteiger partial charge in [0.15, 0.2) is 0 Å². The summed E-state index contributed by atoms with van der Waals surface area (Å²) in [5.74, 6) is 0.0756. The van der Waals surface area contributed by atoms with Crippen LogP contribution >= 0.6 is 0 Å². The highest BCUT2D eigenvalue weighted by molar-refractivity contribution is 7.92. The Kier molecular flexibility index (Phi) is 6.49. The van der Waals surface area contributed by atoms with Crippen LogP contribution in [0.15, 0.2) is 48.5 Å². The Bertz CT molecular complexity index is 883. The summed E-state index contributed by atoms with van der Waals surface area (Å²) in [5, 5.41) is 0. The third kappa shape index (κ3) is 6.60. The van der Waals surface area contributed by atoms with E-state index >= 15 is 0 Å². The lowest BCUT2D eigenvalue weighted by Gasteiger charge is -2.19. The van der Waals surface area contributed by atoms with Gasteiger partial charge in [0.25, 0.3) is 0 Å². The number of benzene rings is 2. The van der Waals surface area contributed by atoms with Crippen LogP contribution in [-0.2, 0) is 20.2 Å². The summed E-state index contributed by atoms with van der Waals surface area (Å²) in [4.78, 5) is 12.2. The van der Waals surface area contributed by atoms with E-state index in [-0.39, 0.29) is 29.9 Å². The Morgan fingerprint density at radius 3 is 2.22 bits per heavy atom. The van der Waals surface area contributed by atoms with Crippen molar-refractivity contribution in [2.75, 3.05) is 24.2 Å². The maximum atomic E-state index is 12.2. The highest BCUT2D eigenvalue weighted by Crippen LogP contribution is 2.24. The molecule has 0 fully saturated rings. The topological polar surface area (TPSA) is 81.7 Å². The van der Waals surface area contributed by atoms with E-state index in [1.807, 2.05) is 24.3 Å². The van der Waals surface area contributed by atoms with Crippen molar-refractivity contribution < 1.29 is 22.7 Å². The SMILES string of the molecule is CC(C)(C)c1ccc(OCCOC(=O)c2ccccc2NS(C)(=O)=O)cc1. The Balaban J connectivity index is 1.88. The van der Waals surface area contributed by atoms with Gasteiger partial charge in [-0.1, -0.05) is 45.0 Å². The minimum atomic E-state index is -3.49. The van der Waals surface area contributed by atoms with Gasteiger partial charge in [0.2, 0.25) is 10.0 Å². The number of para-hydroxylation sites is 1. The van der Waals surface area contributed by atoms with Gasteiger partial charge >= 0.3 is 5.97 Å². The molecule has 0 radical (unpaired) electrons. The second-order valence-electron chi connectivity index (χ2n) is 7.18. The lowest BCUT2D eigenvalue weighted by atomic mass is 9.87. The largest absolute Gasteiger partial charge is 0.490 e. The van der Waals surface area contributed by atoms with Crippen LogP contribution in [0.5, 0.6) is 5.75 Å². The first-order valence-electron chi connectivity index (χ1n) is 8.53. The van der Waals surface area contributed by atoms with Crippen molar-refractivity contribution in [1.29, 1.82) is 0 Å². The molecule has 1 N–H and O–H groups in total. The van der Waals surface area contributed by atoms with Gasteiger partial charge in [-0.25, -0.2) is 13.2 Å². The first-order valence-corrected chi connectivity index (χ1v) is 10.4. The van der Waals surface area contributed by atoms with E-state index < -0.39 is 16.0 Å². The lowest BCUT2D eigenvalue weighted by Crippen LogP contribution is -2.16. The Morgan fingerprint density at radius 1 is 1.00 bits per heavy atom. The van der Waals surface area contributed by atoms with E-state index in [9.17, 15) is 13.2 Å².